The lowest BCUT2D eigenvalue weighted by molar-refractivity contribution is 0.953. The Balaban J connectivity index is 1.70. The smallest absolute Gasteiger partial charge is 0.238 e. The molecule has 0 aliphatic carbocycles. The summed E-state index contributed by atoms with van der Waals surface area (Å²) in [7, 11) is 6.17. The first kappa shape index (κ1) is 18.5. The van der Waals surface area contributed by atoms with Crippen LogP contribution < -0.4 is 5.46 Å². The minimum absolute atomic E-state index is 0.564. The Morgan fingerprint density at radius 1 is 0.531 bits per heavy atom. The minimum Gasteiger partial charge on any atom is -0.278 e. The van der Waals surface area contributed by atoms with E-state index in [0.717, 1.165) is 32.9 Å². The Bertz CT molecular complexity index is 1520. The van der Waals surface area contributed by atoms with Crippen LogP contribution in [0.2, 0.25) is 0 Å². The summed E-state index contributed by atoms with van der Waals surface area (Å²) in [6.45, 7) is 0. The Morgan fingerprint density at radius 2 is 1.09 bits per heavy atom. The van der Waals surface area contributed by atoms with Gasteiger partial charge < -0.3 is 0 Å². The molecule has 148 valence electrons. The Kier molecular flexibility index (Phi) is 4.32. The summed E-state index contributed by atoms with van der Waals surface area (Å²) in [6, 6.07) is 34.2. The van der Waals surface area contributed by atoms with Gasteiger partial charge in [0.25, 0.3) is 0 Å². The molecule has 2 radical (unpaired) electrons. The van der Waals surface area contributed by atoms with Crippen LogP contribution in [0.1, 0.15) is 0 Å². The maximum absolute atomic E-state index is 6.17. The van der Waals surface area contributed by atoms with Crippen molar-refractivity contribution in [3.63, 3.8) is 0 Å². The molecule has 0 saturated carbocycles. The van der Waals surface area contributed by atoms with E-state index in [1.807, 2.05) is 84.9 Å². The molecule has 0 atom stereocenters. The van der Waals surface area contributed by atoms with E-state index in [1.54, 1.807) is 0 Å². The van der Waals surface area contributed by atoms with Gasteiger partial charge in [0.15, 0.2) is 11.6 Å². The zero-order valence-corrected chi connectivity index (χ0v) is 17.2. The van der Waals surface area contributed by atoms with E-state index in [4.69, 9.17) is 22.8 Å². The van der Waals surface area contributed by atoms with Gasteiger partial charge in [-0.1, -0.05) is 96.5 Å². The van der Waals surface area contributed by atoms with Crippen LogP contribution >= 0.6 is 0 Å². The first-order valence-electron chi connectivity index (χ1n) is 10.4. The number of hydrogen-bond donors (Lipinski definition) is 0. The molecule has 0 spiro atoms. The molecular weight excluding hydrogens is 391 g/mol. The Labute approximate surface area is 186 Å². The maximum Gasteiger partial charge on any atom is 0.238 e. The molecule has 0 fully saturated rings. The van der Waals surface area contributed by atoms with Crippen LogP contribution in [0.4, 0.5) is 0 Å². The van der Waals surface area contributed by atoms with E-state index < -0.39 is 0 Å². The molecule has 0 N–H and O–H groups in total. The third-order valence-corrected chi connectivity index (χ3v) is 5.59. The highest BCUT2D eigenvalue weighted by atomic mass is 15.2. The average molecular weight is 408 g/mol. The highest BCUT2D eigenvalue weighted by Crippen LogP contribution is 2.31. The molecule has 5 heteroatoms. The summed E-state index contributed by atoms with van der Waals surface area (Å²) in [5.41, 5.74) is 4.57. The lowest BCUT2D eigenvalue weighted by Gasteiger charge is -2.11. The van der Waals surface area contributed by atoms with Crippen molar-refractivity contribution in [3.8, 4) is 28.7 Å². The molecule has 4 nitrogen and oxygen atoms in total. The molecule has 2 heterocycles. The summed E-state index contributed by atoms with van der Waals surface area (Å²) < 4.78 is 2.07. The molecule has 6 aromatic rings. The van der Waals surface area contributed by atoms with Gasteiger partial charge in [0.1, 0.15) is 7.85 Å². The van der Waals surface area contributed by atoms with Gasteiger partial charge in [0.05, 0.1) is 11.0 Å². The van der Waals surface area contributed by atoms with Crippen molar-refractivity contribution >= 4 is 35.1 Å². The molecule has 0 aliphatic heterocycles. The molecular formula is C27H17BN4. The number of fused-ring (bicyclic) bond motifs is 3. The van der Waals surface area contributed by atoms with E-state index in [1.165, 1.54) is 0 Å². The van der Waals surface area contributed by atoms with Crippen molar-refractivity contribution in [2.24, 2.45) is 0 Å². The van der Waals surface area contributed by atoms with Gasteiger partial charge in [-0.15, -0.1) is 0 Å². The van der Waals surface area contributed by atoms with Gasteiger partial charge >= 0.3 is 0 Å². The largest absolute Gasteiger partial charge is 0.278 e. The first-order chi connectivity index (χ1) is 15.8. The quantitative estimate of drug-likeness (QED) is 0.383. The molecule has 4 aromatic carbocycles. The zero-order chi connectivity index (χ0) is 21.5. The van der Waals surface area contributed by atoms with Gasteiger partial charge in [0, 0.05) is 21.9 Å². The van der Waals surface area contributed by atoms with E-state index in [-0.39, 0.29) is 0 Å². The van der Waals surface area contributed by atoms with Crippen LogP contribution in [0, 0.1) is 0 Å². The van der Waals surface area contributed by atoms with Crippen LogP contribution in [0.15, 0.2) is 103 Å². The van der Waals surface area contributed by atoms with Crippen LogP contribution in [-0.2, 0) is 0 Å². The number of aromatic nitrogens is 4. The zero-order valence-electron chi connectivity index (χ0n) is 17.2. The molecule has 0 aliphatic rings. The summed E-state index contributed by atoms with van der Waals surface area (Å²) in [6.07, 6.45) is 0. The molecule has 32 heavy (non-hydrogen) atoms. The van der Waals surface area contributed by atoms with Gasteiger partial charge in [-0.25, -0.2) is 4.98 Å². The van der Waals surface area contributed by atoms with Crippen molar-refractivity contribution in [1.82, 2.24) is 19.5 Å². The fraction of sp³-hybridized carbons (Fsp3) is 0. The highest BCUT2D eigenvalue weighted by Gasteiger charge is 2.17. The first-order valence-corrected chi connectivity index (χ1v) is 10.4. The summed E-state index contributed by atoms with van der Waals surface area (Å²) in [4.78, 5) is 14.6. The lowest BCUT2D eigenvalue weighted by Crippen LogP contribution is -2.08. The van der Waals surface area contributed by atoms with Crippen molar-refractivity contribution in [2.75, 3.05) is 0 Å². The summed E-state index contributed by atoms with van der Waals surface area (Å²) >= 11 is 0. The van der Waals surface area contributed by atoms with E-state index in [0.29, 0.717) is 23.1 Å². The van der Waals surface area contributed by atoms with E-state index in [2.05, 4.69) is 22.8 Å². The second-order valence-corrected chi connectivity index (χ2v) is 7.64. The SMILES string of the molecule is [B]c1ccc2c3ccccc3n(-c3nc(-c4ccccc4)nc(-c4ccccc4)n3)c2c1. The summed E-state index contributed by atoms with van der Waals surface area (Å²) in [5.74, 6) is 1.82. The average Bonchev–Trinajstić information content (AvgIpc) is 3.18. The van der Waals surface area contributed by atoms with Gasteiger partial charge in [0.2, 0.25) is 5.95 Å². The number of benzene rings is 4. The van der Waals surface area contributed by atoms with E-state index >= 15 is 0 Å². The van der Waals surface area contributed by atoms with Crippen LogP contribution in [0.25, 0.3) is 50.5 Å². The number of rotatable bonds is 3. The summed E-state index contributed by atoms with van der Waals surface area (Å²) in [5, 5.41) is 2.24. The highest BCUT2D eigenvalue weighted by molar-refractivity contribution is 6.33. The molecule has 0 saturated heterocycles. The number of para-hydroxylation sites is 1. The topological polar surface area (TPSA) is 43.6 Å². The molecule has 0 bridgehead atoms. The van der Waals surface area contributed by atoms with Crippen molar-refractivity contribution in [1.29, 1.82) is 0 Å². The van der Waals surface area contributed by atoms with Crippen molar-refractivity contribution < 1.29 is 0 Å². The molecule has 0 amide bonds. The molecule has 0 unspecified atom stereocenters. The third-order valence-electron chi connectivity index (χ3n) is 5.59. The fourth-order valence-electron chi connectivity index (χ4n) is 4.10. The molecule has 6 rings (SSSR count). The monoisotopic (exact) mass is 408 g/mol. The third kappa shape index (κ3) is 3.07. The van der Waals surface area contributed by atoms with Crippen molar-refractivity contribution in [2.45, 2.75) is 0 Å². The van der Waals surface area contributed by atoms with E-state index in [9.17, 15) is 0 Å². The van der Waals surface area contributed by atoms with Crippen LogP contribution in [0.3, 0.4) is 0 Å². The number of nitrogens with zero attached hydrogens (tertiary/aromatic N) is 4. The second-order valence-electron chi connectivity index (χ2n) is 7.64. The van der Waals surface area contributed by atoms with Crippen LogP contribution in [0.5, 0.6) is 0 Å². The second kappa shape index (κ2) is 7.47. The van der Waals surface area contributed by atoms with Crippen LogP contribution in [-0.4, -0.2) is 27.4 Å². The predicted molar refractivity (Wildman–Crippen MR) is 130 cm³/mol. The van der Waals surface area contributed by atoms with Gasteiger partial charge in [-0.05, 0) is 12.1 Å². The van der Waals surface area contributed by atoms with Gasteiger partial charge in [-0.3, -0.25) is 4.57 Å². The maximum atomic E-state index is 6.17. The van der Waals surface area contributed by atoms with Gasteiger partial charge in [-0.2, -0.15) is 9.97 Å². The lowest BCUT2D eigenvalue weighted by atomic mass is 9.95. The minimum atomic E-state index is 0.564. The normalized spacial score (nSPS) is 11.2. The number of hydrogen-bond acceptors (Lipinski definition) is 3. The van der Waals surface area contributed by atoms with Crippen molar-refractivity contribution in [3.05, 3.63) is 103 Å². The predicted octanol–water partition coefficient (Wildman–Crippen LogP) is 5.10. The fourth-order valence-corrected chi connectivity index (χ4v) is 4.10. The Morgan fingerprint density at radius 3 is 1.75 bits per heavy atom. The Hall–Kier alpha value is -4.25. The molecule has 2 aromatic heterocycles. The standard InChI is InChI=1S/C27H17BN4/c28-20-15-16-22-21-13-7-8-14-23(21)32(24(22)17-20)27-30-25(18-9-3-1-4-10-18)29-26(31-27)19-11-5-2-6-12-19/h1-17H.